The molecule has 0 aliphatic heterocycles. The molecule has 0 saturated carbocycles. The second kappa shape index (κ2) is 12.9. The predicted molar refractivity (Wildman–Crippen MR) is 153 cm³/mol. The largest absolute Gasteiger partial charge is 0.497 e. The van der Waals surface area contributed by atoms with Gasteiger partial charge < -0.3 is 15.0 Å². The average Bonchev–Trinajstić information content (AvgIpc) is 2.93. The zero-order chi connectivity index (χ0) is 26.9. The third kappa shape index (κ3) is 7.00. The lowest BCUT2D eigenvalue weighted by Gasteiger charge is -2.32. The van der Waals surface area contributed by atoms with Gasteiger partial charge in [0.25, 0.3) is 0 Å². The van der Waals surface area contributed by atoms with E-state index in [9.17, 15) is 9.59 Å². The fourth-order valence-corrected chi connectivity index (χ4v) is 4.80. The molecule has 4 aromatic carbocycles. The minimum atomic E-state index is -0.647. The van der Waals surface area contributed by atoms with Gasteiger partial charge in [-0.15, -0.1) is 0 Å². The Morgan fingerprint density at radius 3 is 2.29 bits per heavy atom. The first-order valence-electron chi connectivity index (χ1n) is 13.2. The van der Waals surface area contributed by atoms with Gasteiger partial charge in [0, 0.05) is 25.4 Å². The van der Waals surface area contributed by atoms with Gasteiger partial charge in [0.2, 0.25) is 11.8 Å². The molecule has 0 spiro atoms. The molecule has 196 valence electrons. The van der Waals surface area contributed by atoms with Crippen LogP contribution in [0.5, 0.6) is 5.75 Å². The Morgan fingerprint density at radius 2 is 1.53 bits per heavy atom. The summed E-state index contributed by atoms with van der Waals surface area (Å²) in [5.41, 5.74) is 3.05. The SMILES string of the molecule is COc1cccc(CN(C(=O)CCc2cccc3ccccc23)C(Cc2ccccc2)C(=O)NC(C)C)c1. The van der Waals surface area contributed by atoms with E-state index in [0.717, 1.165) is 33.2 Å². The van der Waals surface area contributed by atoms with Crippen LogP contribution >= 0.6 is 0 Å². The molecule has 2 amide bonds. The van der Waals surface area contributed by atoms with Crippen LogP contribution in [-0.4, -0.2) is 35.9 Å². The first-order valence-corrected chi connectivity index (χ1v) is 13.2. The molecule has 1 atom stereocenters. The quantitative estimate of drug-likeness (QED) is 0.273. The highest BCUT2D eigenvalue weighted by molar-refractivity contribution is 5.89. The lowest BCUT2D eigenvalue weighted by molar-refractivity contribution is -0.141. The predicted octanol–water partition coefficient (Wildman–Crippen LogP) is 5.95. The number of methoxy groups -OCH3 is 1. The Morgan fingerprint density at radius 1 is 0.842 bits per heavy atom. The summed E-state index contributed by atoms with van der Waals surface area (Å²) >= 11 is 0. The van der Waals surface area contributed by atoms with Gasteiger partial charge in [-0.2, -0.15) is 0 Å². The highest BCUT2D eigenvalue weighted by Crippen LogP contribution is 2.22. The molecule has 0 bridgehead atoms. The second-order valence-electron chi connectivity index (χ2n) is 9.88. The van der Waals surface area contributed by atoms with Crippen LogP contribution in [0.4, 0.5) is 0 Å². The third-order valence-corrected chi connectivity index (χ3v) is 6.68. The molecule has 0 aromatic heterocycles. The van der Waals surface area contributed by atoms with Gasteiger partial charge in [-0.05, 0) is 59.9 Å². The van der Waals surface area contributed by atoms with Crippen molar-refractivity contribution in [1.82, 2.24) is 10.2 Å². The number of aryl methyl sites for hydroxylation is 1. The van der Waals surface area contributed by atoms with E-state index in [-0.39, 0.29) is 17.9 Å². The minimum Gasteiger partial charge on any atom is -0.497 e. The first kappa shape index (κ1) is 26.9. The van der Waals surface area contributed by atoms with Crippen molar-refractivity contribution in [3.63, 3.8) is 0 Å². The van der Waals surface area contributed by atoms with E-state index in [1.165, 1.54) is 0 Å². The highest BCUT2D eigenvalue weighted by Gasteiger charge is 2.30. The van der Waals surface area contributed by atoms with Crippen LogP contribution in [0.3, 0.4) is 0 Å². The van der Waals surface area contributed by atoms with Gasteiger partial charge in [0.15, 0.2) is 0 Å². The summed E-state index contributed by atoms with van der Waals surface area (Å²) in [6, 6.07) is 31.3. The summed E-state index contributed by atoms with van der Waals surface area (Å²) in [4.78, 5) is 29.2. The van der Waals surface area contributed by atoms with E-state index in [1.54, 1.807) is 12.0 Å². The van der Waals surface area contributed by atoms with Crippen molar-refractivity contribution in [2.75, 3.05) is 7.11 Å². The van der Waals surface area contributed by atoms with Crippen LogP contribution in [0, 0.1) is 0 Å². The molecule has 0 aliphatic carbocycles. The molecule has 0 heterocycles. The number of hydrogen-bond donors (Lipinski definition) is 1. The zero-order valence-corrected chi connectivity index (χ0v) is 22.4. The van der Waals surface area contributed by atoms with Crippen LogP contribution < -0.4 is 10.1 Å². The monoisotopic (exact) mass is 508 g/mol. The number of hydrogen-bond acceptors (Lipinski definition) is 3. The second-order valence-corrected chi connectivity index (χ2v) is 9.88. The van der Waals surface area contributed by atoms with Crippen LogP contribution in [0.25, 0.3) is 10.8 Å². The van der Waals surface area contributed by atoms with Crippen LogP contribution in [0.1, 0.15) is 37.0 Å². The maximum absolute atomic E-state index is 13.9. The molecular weight excluding hydrogens is 472 g/mol. The number of carbonyl (C=O) groups excluding carboxylic acids is 2. The van der Waals surface area contributed by atoms with Crippen molar-refractivity contribution < 1.29 is 14.3 Å². The van der Waals surface area contributed by atoms with Crippen LogP contribution in [-0.2, 0) is 29.0 Å². The van der Waals surface area contributed by atoms with Crippen molar-refractivity contribution in [3.05, 3.63) is 114 Å². The number of fused-ring (bicyclic) bond motifs is 1. The van der Waals surface area contributed by atoms with Gasteiger partial charge >= 0.3 is 0 Å². The van der Waals surface area contributed by atoms with E-state index >= 15 is 0 Å². The van der Waals surface area contributed by atoms with Gasteiger partial charge in [-0.1, -0.05) is 84.9 Å². The Labute approximate surface area is 225 Å². The van der Waals surface area contributed by atoms with Crippen molar-refractivity contribution in [2.24, 2.45) is 0 Å². The number of ether oxygens (including phenoxy) is 1. The van der Waals surface area contributed by atoms with E-state index in [1.807, 2.05) is 86.6 Å². The van der Waals surface area contributed by atoms with Crippen molar-refractivity contribution >= 4 is 22.6 Å². The fourth-order valence-electron chi connectivity index (χ4n) is 4.80. The summed E-state index contributed by atoms with van der Waals surface area (Å²) < 4.78 is 5.42. The summed E-state index contributed by atoms with van der Waals surface area (Å²) in [6.07, 6.45) is 1.33. The van der Waals surface area contributed by atoms with Gasteiger partial charge in [-0.3, -0.25) is 9.59 Å². The normalized spacial score (nSPS) is 11.8. The van der Waals surface area contributed by atoms with Gasteiger partial charge in [-0.25, -0.2) is 0 Å². The topological polar surface area (TPSA) is 58.6 Å². The van der Waals surface area contributed by atoms with Gasteiger partial charge in [0.05, 0.1) is 7.11 Å². The van der Waals surface area contributed by atoms with E-state index in [4.69, 9.17) is 4.74 Å². The molecule has 38 heavy (non-hydrogen) atoms. The Balaban J connectivity index is 1.65. The Hall–Kier alpha value is -4.12. The van der Waals surface area contributed by atoms with Crippen molar-refractivity contribution in [3.8, 4) is 5.75 Å². The molecule has 5 nitrogen and oxygen atoms in total. The fraction of sp³-hybridized carbons (Fsp3) is 0.273. The zero-order valence-electron chi connectivity index (χ0n) is 22.4. The molecule has 4 aromatic rings. The Bertz CT molecular complexity index is 1360. The molecule has 0 fully saturated rings. The number of rotatable bonds is 11. The van der Waals surface area contributed by atoms with Crippen molar-refractivity contribution in [2.45, 2.75) is 51.7 Å². The number of carbonyl (C=O) groups is 2. The summed E-state index contributed by atoms with van der Waals surface area (Å²) in [5, 5.41) is 5.36. The highest BCUT2D eigenvalue weighted by atomic mass is 16.5. The third-order valence-electron chi connectivity index (χ3n) is 6.68. The first-order chi connectivity index (χ1) is 18.4. The molecule has 1 N–H and O–H groups in total. The summed E-state index contributed by atoms with van der Waals surface area (Å²) in [6.45, 7) is 4.19. The molecule has 1 unspecified atom stereocenters. The van der Waals surface area contributed by atoms with Crippen LogP contribution in [0.2, 0.25) is 0 Å². The van der Waals surface area contributed by atoms with E-state index in [0.29, 0.717) is 25.8 Å². The maximum atomic E-state index is 13.9. The molecule has 4 rings (SSSR count). The lowest BCUT2D eigenvalue weighted by atomic mass is 9.99. The number of nitrogens with zero attached hydrogens (tertiary/aromatic N) is 1. The Kier molecular flexibility index (Phi) is 9.15. The smallest absolute Gasteiger partial charge is 0.243 e. The summed E-state index contributed by atoms with van der Waals surface area (Å²) in [7, 11) is 1.63. The van der Waals surface area contributed by atoms with E-state index < -0.39 is 6.04 Å². The molecule has 5 heteroatoms. The molecule has 0 aliphatic rings. The lowest BCUT2D eigenvalue weighted by Crippen LogP contribution is -2.51. The molecule has 0 saturated heterocycles. The van der Waals surface area contributed by atoms with Crippen LogP contribution in [0.15, 0.2) is 97.1 Å². The number of amides is 2. The molecular formula is C33H36N2O3. The number of nitrogens with one attached hydrogen (secondary N) is 1. The van der Waals surface area contributed by atoms with E-state index in [2.05, 4.69) is 29.6 Å². The van der Waals surface area contributed by atoms with Gasteiger partial charge in [0.1, 0.15) is 11.8 Å². The molecule has 0 radical (unpaired) electrons. The average molecular weight is 509 g/mol. The van der Waals surface area contributed by atoms with Crippen molar-refractivity contribution in [1.29, 1.82) is 0 Å². The minimum absolute atomic E-state index is 0.0368. The number of benzene rings is 4. The maximum Gasteiger partial charge on any atom is 0.243 e. The summed E-state index contributed by atoms with van der Waals surface area (Å²) in [5.74, 6) is 0.516. The standard InChI is InChI=1S/C33H36N2O3/c1-24(2)34-33(37)31(22-25-11-5-4-6-12-25)35(23-26-13-9-17-29(21-26)38-3)32(36)20-19-28-16-10-15-27-14-7-8-18-30(27)28/h4-18,21,24,31H,19-20,22-23H2,1-3H3,(H,34,37).